The molecule has 88 valence electrons. The maximum absolute atomic E-state index is 13.0. The molecule has 0 unspecified atom stereocenters. The first-order valence-electron chi connectivity index (χ1n) is 5.57. The number of hydrogen-bond donors (Lipinski definition) is 0. The average molecular weight is 239 g/mol. The van der Waals surface area contributed by atoms with Crippen molar-refractivity contribution >= 4 is 0 Å². The zero-order valence-electron chi connectivity index (χ0n) is 9.49. The zero-order chi connectivity index (χ0) is 12.4. The standard InChI is InChI=1S/C14H10FN3/c15-13-7-4-8-14(16-13)18-10-9-12(17-18)11-5-2-1-3-6-11/h1-10H. The second-order valence-electron chi connectivity index (χ2n) is 3.83. The van der Waals surface area contributed by atoms with Crippen molar-refractivity contribution in [2.75, 3.05) is 0 Å². The molecule has 3 rings (SSSR count). The summed E-state index contributed by atoms with van der Waals surface area (Å²) < 4.78 is 14.6. The third kappa shape index (κ3) is 2.00. The maximum atomic E-state index is 13.0. The number of halogens is 1. The number of rotatable bonds is 2. The number of hydrogen-bond acceptors (Lipinski definition) is 2. The second kappa shape index (κ2) is 4.41. The fourth-order valence-corrected chi connectivity index (χ4v) is 1.74. The van der Waals surface area contributed by atoms with Crippen LogP contribution in [-0.4, -0.2) is 14.8 Å². The summed E-state index contributed by atoms with van der Waals surface area (Å²) in [7, 11) is 0. The lowest BCUT2D eigenvalue weighted by Gasteiger charge is -1.99. The first-order chi connectivity index (χ1) is 8.83. The van der Waals surface area contributed by atoms with Crippen molar-refractivity contribution < 1.29 is 4.39 Å². The molecule has 1 aromatic carbocycles. The number of aromatic nitrogens is 3. The molecular weight excluding hydrogens is 229 g/mol. The molecule has 0 amide bonds. The predicted molar refractivity (Wildman–Crippen MR) is 66.8 cm³/mol. The summed E-state index contributed by atoms with van der Waals surface area (Å²) in [4.78, 5) is 3.78. The summed E-state index contributed by atoms with van der Waals surface area (Å²) in [6.45, 7) is 0. The molecular formula is C14H10FN3. The zero-order valence-corrected chi connectivity index (χ0v) is 9.49. The van der Waals surface area contributed by atoms with Crippen LogP contribution in [0.25, 0.3) is 17.1 Å². The van der Waals surface area contributed by atoms with Crippen molar-refractivity contribution in [2.24, 2.45) is 0 Å². The highest BCUT2D eigenvalue weighted by atomic mass is 19.1. The van der Waals surface area contributed by atoms with Gasteiger partial charge in [0.2, 0.25) is 5.95 Å². The minimum Gasteiger partial charge on any atom is -0.222 e. The molecule has 0 spiro atoms. The van der Waals surface area contributed by atoms with Crippen LogP contribution in [0, 0.1) is 5.95 Å². The monoisotopic (exact) mass is 239 g/mol. The van der Waals surface area contributed by atoms with Crippen molar-refractivity contribution in [1.29, 1.82) is 0 Å². The molecule has 0 radical (unpaired) electrons. The van der Waals surface area contributed by atoms with Gasteiger partial charge in [0.05, 0.1) is 5.69 Å². The van der Waals surface area contributed by atoms with E-state index < -0.39 is 5.95 Å². The third-order valence-corrected chi connectivity index (χ3v) is 2.59. The fraction of sp³-hybridized carbons (Fsp3) is 0. The van der Waals surface area contributed by atoms with E-state index in [0.717, 1.165) is 11.3 Å². The Balaban J connectivity index is 2.00. The van der Waals surface area contributed by atoms with E-state index in [4.69, 9.17) is 0 Å². The molecule has 0 aliphatic carbocycles. The van der Waals surface area contributed by atoms with Gasteiger partial charge < -0.3 is 0 Å². The topological polar surface area (TPSA) is 30.7 Å². The summed E-state index contributed by atoms with van der Waals surface area (Å²) in [5.74, 6) is -0.0403. The summed E-state index contributed by atoms with van der Waals surface area (Å²) in [5.41, 5.74) is 1.86. The van der Waals surface area contributed by atoms with Gasteiger partial charge in [-0.3, -0.25) is 0 Å². The van der Waals surface area contributed by atoms with Crippen LogP contribution in [0.1, 0.15) is 0 Å². The Morgan fingerprint density at radius 1 is 0.889 bits per heavy atom. The van der Waals surface area contributed by atoms with Crippen molar-refractivity contribution in [3.8, 4) is 17.1 Å². The third-order valence-electron chi connectivity index (χ3n) is 2.59. The maximum Gasteiger partial charge on any atom is 0.214 e. The van der Waals surface area contributed by atoms with Gasteiger partial charge in [-0.1, -0.05) is 36.4 Å². The van der Waals surface area contributed by atoms with Crippen LogP contribution in [0.4, 0.5) is 4.39 Å². The van der Waals surface area contributed by atoms with Crippen LogP contribution >= 0.6 is 0 Å². The van der Waals surface area contributed by atoms with Gasteiger partial charge in [-0.2, -0.15) is 9.49 Å². The van der Waals surface area contributed by atoms with E-state index in [-0.39, 0.29) is 0 Å². The van der Waals surface area contributed by atoms with Crippen LogP contribution in [0.2, 0.25) is 0 Å². The van der Waals surface area contributed by atoms with Crippen molar-refractivity contribution in [2.45, 2.75) is 0 Å². The molecule has 0 aliphatic rings. The summed E-state index contributed by atoms with van der Waals surface area (Å²) in [6, 6.07) is 16.3. The smallest absolute Gasteiger partial charge is 0.214 e. The van der Waals surface area contributed by atoms with Crippen molar-refractivity contribution in [3.05, 3.63) is 66.7 Å². The van der Waals surface area contributed by atoms with Gasteiger partial charge in [0.25, 0.3) is 0 Å². The Labute approximate surface area is 104 Å². The Morgan fingerprint density at radius 3 is 2.50 bits per heavy atom. The highest BCUT2D eigenvalue weighted by Gasteiger charge is 2.04. The molecule has 0 saturated heterocycles. The predicted octanol–water partition coefficient (Wildman–Crippen LogP) is 3.07. The van der Waals surface area contributed by atoms with Gasteiger partial charge >= 0.3 is 0 Å². The molecule has 0 N–H and O–H groups in total. The van der Waals surface area contributed by atoms with Gasteiger partial charge in [-0.25, -0.2) is 9.67 Å². The molecule has 2 aromatic heterocycles. The van der Waals surface area contributed by atoms with Gasteiger partial charge in [-0.05, 0) is 18.2 Å². The van der Waals surface area contributed by atoms with E-state index in [9.17, 15) is 4.39 Å². The van der Waals surface area contributed by atoms with Crippen molar-refractivity contribution in [1.82, 2.24) is 14.8 Å². The molecule has 18 heavy (non-hydrogen) atoms. The number of nitrogens with zero attached hydrogens (tertiary/aromatic N) is 3. The van der Waals surface area contributed by atoms with E-state index in [1.54, 1.807) is 23.0 Å². The van der Waals surface area contributed by atoms with Crippen LogP contribution < -0.4 is 0 Å². The fourth-order valence-electron chi connectivity index (χ4n) is 1.74. The van der Waals surface area contributed by atoms with E-state index in [1.807, 2.05) is 36.4 Å². The molecule has 3 aromatic rings. The highest BCUT2D eigenvalue weighted by molar-refractivity contribution is 5.58. The van der Waals surface area contributed by atoms with Crippen LogP contribution in [0.5, 0.6) is 0 Å². The number of benzene rings is 1. The Kier molecular flexibility index (Phi) is 2.61. The van der Waals surface area contributed by atoms with E-state index in [2.05, 4.69) is 10.1 Å². The Bertz CT molecular complexity index is 662. The SMILES string of the molecule is Fc1cccc(-n2ccc(-c3ccccc3)n2)n1. The van der Waals surface area contributed by atoms with Crippen molar-refractivity contribution in [3.63, 3.8) is 0 Å². The first kappa shape index (κ1) is 10.7. The molecule has 4 heteroatoms. The summed E-state index contributed by atoms with van der Waals surface area (Å²) in [5, 5.41) is 4.38. The number of pyridine rings is 1. The lowest BCUT2D eigenvalue weighted by atomic mass is 10.2. The highest BCUT2D eigenvalue weighted by Crippen LogP contribution is 2.17. The summed E-state index contributed by atoms with van der Waals surface area (Å²) >= 11 is 0. The Hall–Kier alpha value is -2.49. The lowest BCUT2D eigenvalue weighted by molar-refractivity contribution is 0.577. The van der Waals surface area contributed by atoms with Crippen LogP contribution in [0.3, 0.4) is 0 Å². The first-order valence-corrected chi connectivity index (χ1v) is 5.57. The van der Waals surface area contributed by atoms with Crippen LogP contribution in [0.15, 0.2) is 60.8 Å². The molecule has 2 heterocycles. The molecule has 3 nitrogen and oxygen atoms in total. The molecule has 0 aliphatic heterocycles. The molecule has 0 saturated carbocycles. The lowest BCUT2D eigenvalue weighted by Crippen LogP contribution is -1.99. The molecule has 0 bridgehead atoms. The summed E-state index contributed by atoms with van der Waals surface area (Å²) in [6.07, 6.45) is 1.77. The van der Waals surface area contributed by atoms with Crippen LogP contribution in [-0.2, 0) is 0 Å². The average Bonchev–Trinajstić information content (AvgIpc) is 2.89. The van der Waals surface area contributed by atoms with Gasteiger partial charge in [0.15, 0.2) is 5.82 Å². The molecule has 0 fully saturated rings. The van der Waals surface area contributed by atoms with Gasteiger partial charge in [0, 0.05) is 11.8 Å². The van der Waals surface area contributed by atoms with E-state index >= 15 is 0 Å². The normalized spacial score (nSPS) is 10.5. The Morgan fingerprint density at radius 2 is 1.72 bits per heavy atom. The van der Waals surface area contributed by atoms with E-state index in [1.165, 1.54) is 6.07 Å². The molecule has 0 atom stereocenters. The van der Waals surface area contributed by atoms with Gasteiger partial charge in [-0.15, -0.1) is 0 Å². The minimum atomic E-state index is -0.510. The largest absolute Gasteiger partial charge is 0.222 e. The van der Waals surface area contributed by atoms with Gasteiger partial charge in [0.1, 0.15) is 0 Å². The second-order valence-corrected chi connectivity index (χ2v) is 3.83. The van der Waals surface area contributed by atoms with E-state index in [0.29, 0.717) is 5.82 Å². The quantitative estimate of drug-likeness (QED) is 0.643. The minimum absolute atomic E-state index is 0.470.